The van der Waals surface area contributed by atoms with E-state index < -0.39 is 11.5 Å². The highest BCUT2D eigenvalue weighted by Crippen LogP contribution is 2.24. The topological polar surface area (TPSA) is 97.2 Å². The summed E-state index contributed by atoms with van der Waals surface area (Å²) in [4.78, 5) is 26.8. The lowest BCUT2D eigenvalue weighted by Gasteiger charge is -2.24. The third-order valence-corrected chi connectivity index (χ3v) is 3.19. The summed E-state index contributed by atoms with van der Waals surface area (Å²) in [5.41, 5.74) is 0.976. The Bertz CT molecular complexity index is 669. The quantitative estimate of drug-likeness (QED) is 0.837. The molecule has 2 heterocycles. The van der Waals surface area contributed by atoms with Gasteiger partial charge in [0.15, 0.2) is 0 Å². The van der Waals surface area contributed by atoms with Crippen LogP contribution in [0.2, 0.25) is 0 Å². The third-order valence-electron chi connectivity index (χ3n) is 3.19. The van der Waals surface area contributed by atoms with Gasteiger partial charge in [0.25, 0.3) is 5.91 Å². The number of hydrogen-bond acceptors (Lipinski definition) is 5. The molecule has 2 N–H and O–H groups in total. The zero-order valence-electron chi connectivity index (χ0n) is 12.3. The van der Waals surface area contributed by atoms with E-state index in [1.54, 1.807) is 26.2 Å². The SMILES string of the molecule is COC(=O)c1conc1C(C)(C)NC(=O)c1c[nH]cc1C. The first-order chi connectivity index (χ1) is 9.86. The Morgan fingerprint density at radius 2 is 2.05 bits per heavy atom. The number of ether oxygens (including phenoxy) is 1. The molecule has 112 valence electrons. The van der Waals surface area contributed by atoms with Crippen molar-refractivity contribution < 1.29 is 18.8 Å². The predicted molar refractivity (Wildman–Crippen MR) is 73.9 cm³/mol. The fraction of sp³-hybridized carbons (Fsp3) is 0.357. The molecule has 2 aromatic heterocycles. The molecule has 0 radical (unpaired) electrons. The fourth-order valence-electron chi connectivity index (χ4n) is 2.04. The Morgan fingerprint density at radius 1 is 1.33 bits per heavy atom. The van der Waals surface area contributed by atoms with Crippen LogP contribution >= 0.6 is 0 Å². The van der Waals surface area contributed by atoms with Crippen LogP contribution in [-0.2, 0) is 10.3 Å². The minimum atomic E-state index is -0.892. The highest BCUT2D eigenvalue weighted by Gasteiger charge is 2.32. The third kappa shape index (κ3) is 2.81. The van der Waals surface area contributed by atoms with Gasteiger partial charge in [0.2, 0.25) is 0 Å². The van der Waals surface area contributed by atoms with Gasteiger partial charge >= 0.3 is 5.97 Å². The minimum absolute atomic E-state index is 0.189. The van der Waals surface area contributed by atoms with E-state index in [4.69, 9.17) is 4.52 Å². The minimum Gasteiger partial charge on any atom is -0.465 e. The Kier molecular flexibility index (Phi) is 3.84. The number of esters is 1. The summed E-state index contributed by atoms with van der Waals surface area (Å²) in [6.07, 6.45) is 4.55. The second-order valence-electron chi connectivity index (χ2n) is 5.20. The lowest BCUT2D eigenvalue weighted by molar-refractivity contribution is 0.0595. The number of amides is 1. The van der Waals surface area contributed by atoms with E-state index in [0.717, 1.165) is 5.56 Å². The average Bonchev–Trinajstić information content (AvgIpc) is 3.05. The maximum atomic E-state index is 12.3. The van der Waals surface area contributed by atoms with Gasteiger partial charge in [0.05, 0.1) is 18.2 Å². The number of rotatable bonds is 4. The molecule has 0 fully saturated rings. The molecule has 0 spiro atoms. The van der Waals surface area contributed by atoms with E-state index in [0.29, 0.717) is 11.3 Å². The molecule has 0 bridgehead atoms. The number of aromatic amines is 1. The van der Waals surface area contributed by atoms with E-state index in [1.165, 1.54) is 13.4 Å². The first kappa shape index (κ1) is 14.8. The number of hydrogen-bond donors (Lipinski definition) is 2. The number of nitrogens with zero attached hydrogens (tertiary/aromatic N) is 1. The van der Waals surface area contributed by atoms with E-state index in [2.05, 4.69) is 20.2 Å². The molecule has 0 aliphatic heterocycles. The lowest BCUT2D eigenvalue weighted by Crippen LogP contribution is -2.42. The largest absolute Gasteiger partial charge is 0.465 e. The first-order valence-corrected chi connectivity index (χ1v) is 6.36. The van der Waals surface area contributed by atoms with Crippen molar-refractivity contribution in [3.05, 3.63) is 41.0 Å². The Morgan fingerprint density at radius 3 is 2.62 bits per heavy atom. The normalized spacial score (nSPS) is 11.2. The van der Waals surface area contributed by atoms with Gasteiger partial charge in [-0.25, -0.2) is 4.79 Å². The zero-order chi connectivity index (χ0) is 15.6. The zero-order valence-corrected chi connectivity index (χ0v) is 12.3. The molecule has 0 atom stereocenters. The highest BCUT2D eigenvalue weighted by molar-refractivity contribution is 5.96. The van der Waals surface area contributed by atoms with Crippen molar-refractivity contribution in [2.24, 2.45) is 0 Å². The Labute approximate surface area is 121 Å². The van der Waals surface area contributed by atoms with Crippen molar-refractivity contribution >= 4 is 11.9 Å². The van der Waals surface area contributed by atoms with Crippen molar-refractivity contribution in [2.75, 3.05) is 7.11 Å². The van der Waals surface area contributed by atoms with Gasteiger partial charge in [-0.2, -0.15) is 0 Å². The number of carbonyl (C=O) groups is 2. The maximum Gasteiger partial charge on any atom is 0.343 e. The van der Waals surface area contributed by atoms with E-state index >= 15 is 0 Å². The number of nitrogens with one attached hydrogen (secondary N) is 2. The molecule has 21 heavy (non-hydrogen) atoms. The number of aryl methyl sites for hydroxylation is 1. The van der Waals surface area contributed by atoms with Crippen LogP contribution in [0.4, 0.5) is 0 Å². The van der Waals surface area contributed by atoms with Crippen LogP contribution in [0, 0.1) is 6.92 Å². The molecule has 0 saturated carbocycles. The summed E-state index contributed by atoms with van der Waals surface area (Å²) < 4.78 is 9.51. The van der Waals surface area contributed by atoms with Gasteiger partial charge in [-0.3, -0.25) is 4.79 Å². The summed E-state index contributed by atoms with van der Waals surface area (Å²) in [5, 5.41) is 6.65. The van der Waals surface area contributed by atoms with E-state index in [-0.39, 0.29) is 11.5 Å². The second kappa shape index (κ2) is 5.43. The van der Waals surface area contributed by atoms with Crippen molar-refractivity contribution in [3.63, 3.8) is 0 Å². The van der Waals surface area contributed by atoms with Crippen LogP contribution < -0.4 is 5.32 Å². The van der Waals surface area contributed by atoms with Crippen LogP contribution in [0.5, 0.6) is 0 Å². The van der Waals surface area contributed by atoms with Gasteiger partial charge in [-0.05, 0) is 26.3 Å². The predicted octanol–water partition coefficient (Wildman–Crippen LogP) is 1.76. The molecule has 2 rings (SSSR count). The molecule has 0 aliphatic carbocycles. The summed E-state index contributed by atoms with van der Waals surface area (Å²) in [7, 11) is 1.27. The van der Waals surface area contributed by atoms with Gasteiger partial charge < -0.3 is 19.6 Å². The summed E-state index contributed by atoms with van der Waals surface area (Å²) in [6, 6.07) is 0. The molecule has 0 unspecified atom stereocenters. The van der Waals surface area contributed by atoms with Crippen molar-refractivity contribution in [3.8, 4) is 0 Å². The molecule has 7 heteroatoms. The van der Waals surface area contributed by atoms with Gasteiger partial charge in [0, 0.05) is 12.4 Å². The highest BCUT2D eigenvalue weighted by atomic mass is 16.5. The Balaban J connectivity index is 2.27. The monoisotopic (exact) mass is 291 g/mol. The van der Waals surface area contributed by atoms with Gasteiger partial charge in [0.1, 0.15) is 17.5 Å². The van der Waals surface area contributed by atoms with Crippen LogP contribution in [-0.4, -0.2) is 29.1 Å². The number of aromatic nitrogens is 2. The molecular formula is C14H17N3O4. The standard InChI is InChI=1S/C14H17N3O4/c1-8-5-15-6-9(8)12(18)16-14(2,3)11-10(7-21-17-11)13(19)20-4/h5-7,15H,1-4H3,(H,16,18). The van der Waals surface area contributed by atoms with Crippen molar-refractivity contribution in [2.45, 2.75) is 26.3 Å². The molecule has 0 aromatic carbocycles. The van der Waals surface area contributed by atoms with Crippen molar-refractivity contribution in [1.29, 1.82) is 0 Å². The maximum absolute atomic E-state index is 12.3. The van der Waals surface area contributed by atoms with Crippen molar-refractivity contribution in [1.82, 2.24) is 15.5 Å². The lowest BCUT2D eigenvalue weighted by atomic mass is 9.96. The first-order valence-electron chi connectivity index (χ1n) is 6.36. The van der Waals surface area contributed by atoms with Crippen LogP contribution in [0.3, 0.4) is 0 Å². The van der Waals surface area contributed by atoms with Gasteiger partial charge in [-0.1, -0.05) is 5.16 Å². The van der Waals surface area contributed by atoms with E-state index in [9.17, 15) is 9.59 Å². The number of H-pyrrole nitrogens is 1. The second-order valence-corrected chi connectivity index (χ2v) is 5.20. The molecule has 0 aliphatic rings. The number of methoxy groups -OCH3 is 1. The molecule has 7 nitrogen and oxygen atoms in total. The molecular weight excluding hydrogens is 274 g/mol. The average molecular weight is 291 g/mol. The van der Waals surface area contributed by atoms with Crippen LogP contribution in [0.15, 0.2) is 23.2 Å². The number of carbonyl (C=O) groups excluding carboxylic acids is 2. The Hall–Kier alpha value is -2.57. The van der Waals surface area contributed by atoms with Gasteiger partial charge in [-0.15, -0.1) is 0 Å². The fourth-order valence-corrected chi connectivity index (χ4v) is 2.04. The molecule has 2 aromatic rings. The van der Waals surface area contributed by atoms with E-state index in [1.807, 2.05) is 6.92 Å². The van der Waals surface area contributed by atoms with Crippen LogP contribution in [0.1, 0.15) is 45.8 Å². The molecule has 0 saturated heterocycles. The molecule has 1 amide bonds. The summed E-state index contributed by atoms with van der Waals surface area (Å²) in [6.45, 7) is 5.29. The smallest absolute Gasteiger partial charge is 0.343 e. The van der Waals surface area contributed by atoms with Crippen LogP contribution in [0.25, 0.3) is 0 Å². The summed E-state index contributed by atoms with van der Waals surface area (Å²) >= 11 is 0. The summed E-state index contributed by atoms with van der Waals surface area (Å²) in [5.74, 6) is -0.830.